The van der Waals surface area contributed by atoms with Crippen molar-refractivity contribution in [2.45, 2.75) is 38.5 Å². The molecule has 0 bridgehead atoms. The topological polar surface area (TPSA) is 124 Å². The van der Waals surface area contributed by atoms with Gasteiger partial charge in [-0.1, -0.05) is 37.4 Å². The zero-order valence-electron chi connectivity index (χ0n) is 28.0. The lowest BCUT2D eigenvalue weighted by molar-refractivity contribution is -0.138. The Morgan fingerprint density at radius 2 is 0.780 bits per heavy atom. The summed E-state index contributed by atoms with van der Waals surface area (Å²) in [6, 6.07) is 20.7. The van der Waals surface area contributed by atoms with Gasteiger partial charge in [-0.25, -0.2) is 19.2 Å². The highest BCUT2D eigenvalue weighted by Gasteiger charge is 2.05. The number of rotatable bonds is 22. The lowest BCUT2D eigenvalue weighted by atomic mass is 10.2. The SMILES string of the molecule is C=CC(=O)OCCCCCOc1ccc(C=CC(=O)Oc2ccc(OC(=O)C=Cc3ccc(OCCCCCOC(=O)C=C)cc3)cc2)cc1. The molecule has 0 aliphatic heterocycles. The van der Waals surface area contributed by atoms with Gasteiger partial charge in [0.15, 0.2) is 0 Å². The monoisotopic (exact) mass is 682 g/mol. The second-order valence-electron chi connectivity index (χ2n) is 10.7. The van der Waals surface area contributed by atoms with Crippen molar-refractivity contribution >= 4 is 36.0 Å². The molecule has 0 aliphatic carbocycles. The van der Waals surface area contributed by atoms with Gasteiger partial charge in [-0.05, 0) is 110 Å². The molecule has 0 radical (unpaired) electrons. The first-order valence-electron chi connectivity index (χ1n) is 16.3. The molecule has 0 unspecified atom stereocenters. The van der Waals surface area contributed by atoms with E-state index in [0.29, 0.717) is 49.4 Å². The third-order valence-corrected chi connectivity index (χ3v) is 6.78. The average molecular weight is 683 g/mol. The lowest BCUT2D eigenvalue weighted by Crippen LogP contribution is -2.05. The second kappa shape index (κ2) is 22.6. The van der Waals surface area contributed by atoms with Crippen molar-refractivity contribution in [3.05, 3.63) is 121 Å². The van der Waals surface area contributed by atoms with Crippen molar-refractivity contribution in [2.75, 3.05) is 26.4 Å². The van der Waals surface area contributed by atoms with Crippen LogP contribution in [0.1, 0.15) is 49.7 Å². The molecule has 3 rings (SSSR count). The summed E-state index contributed by atoms with van der Waals surface area (Å²) in [4.78, 5) is 46.6. The first-order valence-corrected chi connectivity index (χ1v) is 16.3. The van der Waals surface area contributed by atoms with E-state index in [1.54, 1.807) is 12.2 Å². The minimum absolute atomic E-state index is 0.300. The molecule has 10 heteroatoms. The van der Waals surface area contributed by atoms with Gasteiger partial charge in [-0.2, -0.15) is 0 Å². The Morgan fingerprint density at radius 3 is 1.14 bits per heavy atom. The first kappa shape index (κ1) is 38.5. The molecule has 50 heavy (non-hydrogen) atoms. The van der Waals surface area contributed by atoms with Crippen LogP contribution in [0.25, 0.3) is 12.2 Å². The van der Waals surface area contributed by atoms with Gasteiger partial charge in [0, 0.05) is 24.3 Å². The van der Waals surface area contributed by atoms with E-state index < -0.39 is 23.9 Å². The summed E-state index contributed by atoms with van der Waals surface area (Å²) < 4.78 is 32.0. The maximum atomic E-state index is 12.3. The van der Waals surface area contributed by atoms with E-state index in [2.05, 4.69) is 13.2 Å². The van der Waals surface area contributed by atoms with E-state index in [9.17, 15) is 19.2 Å². The van der Waals surface area contributed by atoms with Crippen LogP contribution in [0, 0.1) is 0 Å². The zero-order chi connectivity index (χ0) is 35.8. The summed E-state index contributed by atoms with van der Waals surface area (Å²) in [6.45, 7) is 8.53. The minimum Gasteiger partial charge on any atom is -0.494 e. The zero-order valence-corrected chi connectivity index (χ0v) is 28.0. The number of carbonyl (C=O) groups is 4. The van der Waals surface area contributed by atoms with E-state index in [-0.39, 0.29) is 0 Å². The number of hydrogen-bond acceptors (Lipinski definition) is 10. The van der Waals surface area contributed by atoms with Gasteiger partial charge < -0.3 is 28.4 Å². The number of carbonyl (C=O) groups excluding carboxylic acids is 4. The molecule has 0 N–H and O–H groups in total. The Hall–Kier alpha value is -5.90. The van der Waals surface area contributed by atoms with E-state index in [4.69, 9.17) is 28.4 Å². The summed E-state index contributed by atoms with van der Waals surface area (Å²) in [7, 11) is 0. The molecule has 0 amide bonds. The molecule has 0 saturated heterocycles. The van der Waals surface area contributed by atoms with Crippen LogP contribution >= 0.6 is 0 Å². The molecule has 3 aromatic rings. The molecule has 0 atom stereocenters. The predicted octanol–water partition coefficient (Wildman–Crippen LogP) is 7.48. The molecule has 10 nitrogen and oxygen atoms in total. The largest absolute Gasteiger partial charge is 0.494 e. The number of unbranched alkanes of at least 4 members (excludes halogenated alkanes) is 4. The van der Waals surface area contributed by atoms with Crippen LogP contribution in [-0.2, 0) is 28.7 Å². The Morgan fingerprint density at radius 1 is 0.440 bits per heavy atom. The van der Waals surface area contributed by atoms with Gasteiger partial charge in [0.2, 0.25) is 0 Å². The summed E-state index contributed by atoms with van der Waals surface area (Å²) in [5.41, 5.74) is 1.60. The summed E-state index contributed by atoms with van der Waals surface area (Å²) in [6.07, 6.45) is 13.1. The van der Waals surface area contributed by atoms with Crippen molar-refractivity contribution in [3.63, 3.8) is 0 Å². The van der Waals surface area contributed by atoms with Crippen LogP contribution in [-0.4, -0.2) is 50.3 Å². The number of ether oxygens (including phenoxy) is 6. The maximum absolute atomic E-state index is 12.3. The van der Waals surface area contributed by atoms with Crippen molar-refractivity contribution in [1.82, 2.24) is 0 Å². The smallest absolute Gasteiger partial charge is 0.336 e. The van der Waals surface area contributed by atoms with Crippen molar-refractivity contribution in [2.24, 2.45) is 0 Å². The van der Waals surface area contributed by atoms with Crippen LogP contribution in [0.4, 0.5) is 0 Å². The Labute approximate surface area is 292 Å². The number of benzene rings is 3. The summed E-state index contributed by atoms with van der Waals surface area (Å²) in [5.74, 6) is 0.0810. The van der Waals surface area contributed by atoms with Crippen LogP contribution < -0.4 is 18.9 Å². The molecule has 0 heterocycles. The fourth-order valence-corrected chi connectivity index (χ4v) is 4.16. The average Bonchev–Trinajstić information content (AvgIpc) is 3.13. The highest BCUT2D eigenvalue weighted by atomic mass is 16.5. The normalized spacial score (nSPS) is 10.7. The van der Waals surface area contributed by atoms with Gasteiger partial charge in [0.05, 0.1) is 26.4 Å². The van der Waals surface area contributed by atoms with Gasteiger partial charge in [-0.15, -0.1) is 0 Å². The van der Waals surface area contributed by atoms with Crippen molar-refractivity contribution in [3.8, 4) is 23.0 Å². The molecule has 0 aromatic heterocycles. The molecule has 3 aromatic carbocycles. The Bertz CT molecular complexity index is 1470. The molecule has 0 fully saturated rings. The van der Waals surface area contributed by atoms with Gasteiger partial charge in [0.25, 0.3) is 0 Å². The van der Waals surface area contributed by atoms with E-state index in [0.717, 1.165) is 61.8 Å². The molecular weight excluding hydrogens is 640 g/mol. The fraction of sp³-hybridized carbons (Fsp3) is 0.250. The standard InChI is InChI=1S/C40H42O10/c1-3-37(41)47-29-9-5-7-27-45-33-17-11-31(12-18-33)15-25-39(43)49-35-21-23-36(24-22-35)50-40(44)26-16-32-13-19-34(20-14-32)46-28-8-6-10-30-48-38(42)4-2/h3-4,11-26H,1-2,5-10,27-30H2. The molecule has 262 valence electrons. The molecule has 0 saturated carbocycles. The molecule has 0 spiro atoms. The lowest BCUT2D eigenvalue weighted by Gasteiger charge is -2.07. The molecular formula is C40H42O10. The van der Waals surface area contributed by atoms with E-state index in [1.165, 1.54) is 36.4 Å². The highest BCUT2D eigenvalue weighted by Crippen LogP contribution is 2.19. The molecule has 0 aliphatic rings. The highest BCUT2D eigenvalue weighted by molar-refractivity contribution is 5.89. The second-order valence-corrected chi connectivity index (χ2v) is 10.7. The first-order chi connectivity index (χ1) is 24.3. The van der Waals surface area contributed by atoms with Gasteiger partial charge in [0.1, 0.15) is 23.0 Å². The van der Waals surface area contributed by atoms with Crippen molar-refractivity contribution in [1.29, 1.82) is 0 Å². The van der Waals surface area contributed by atoms with Gasteiger partial charge in [-0.3, -0.25) is 0 Å². The minimum atomic E-state index is -0.558. The van der Waals surface area contributed by atoms with E-state index >= 15 is 0 Å². The Kier molecular flexibility index (Phi) is 17.4. The van der Waals surface area contributed by atoms with Gasteiger partial charge >= 0.3 is 23.9 Å². The predicted molar refractivity (Wildman–Crippen MR) is 190 cm³/mol. The summed E-state index contributed by atoms with van der Waals surface area (Å²) >= 11 is 0. The quantitative estimate of drug-likeness (QED) is 0.0456. The van der Waals surface area contributed by atoms with E-state index in [1.807, 2.05) is 48.5 Å². The van der Waals surface area contributed by atoms with Crippen LogP contribution in [0.3, 0.4) is 0 Å². The third-order valence-electron chi connectivity index (χ3n) is 6.78. The third kappa shape index (κ3) is 16.3. The summed E-state index contributed by atoms with van der Waals surface area (Å²) in [5, 5.41) is 0. The van der Waals surface area contributed by atoms with Crippen LogP contribution in [0.5, 0.6) is 23.0 Å². The maximum Gasteiger partial charge on any atom is 0.336 e. The van der Waals surface area contributed by atoms with Crippen molar-refractivity contribution < 1.29 is 47.6 Å². The Balaban J connectivity index is 1.31. The fourth-order valence-electron chi connectivity index (χ4n) is 4.16. The van der Waals surface area contributed by atoms with Crippen LogP contribution in [0.15, 0.2) is 110 Å². The number of esters is 4. The van der Waals surface area contributed by atoms with Crippen LogP contribution in [0.2, 0.25) is 0 Å². The number of hydrogen-bond donors (Lipinski definition) is 0.